The standard InChI is InChI=1S/C11H12ClN3O2S/c1-4-6(2)17-10-8(12)7(3)9(16)15(10)11-13-5-14-18-11/h5,10H,2,4H2,1,3H3. The van der Waals surface area contributed by atoms with Crippen molar-refractivity contribution in [1.29, 1.82) is 0 Å². The summed E-state index contributed by atoms with van der Waals surface area (Å²) >= 11 is 7.26. The molecule has 1 aromatic rings. The van der Waals surface area contributed by atoms with Crippen molar-refractivity contribution in [3.05, 3.63) is 29.3 Å². The molecule has 0 saturated heterocycles. The second-order valence-corrected chi connectivity index (χ2v) is 4.90. The Balaban J connectivity index is 2.33. The van der Waals surface area contributed by atoms with Crippen molar-refractivity contribution in [2.24, 2.45) is 0 Å². The minimum atomic E-state index is -0.681. The van der Waals surface area contributed by atoms with Crippen molar-refractivity contribution >= 4 is 34.2 Å². The van der Waals surface area contributed by atoms with Gasteiger partial charge in [-0.1, -0.05) is 25.1 Å². The van der Waals surface area contributed by atoms with E-state index in [1.807, 2.05) is 6.92 Å². The number of allylic oxidation sites excluding steroid dienone is 1. The van der Waals surface area contributed by atoms with Crippen LogP contribution in [0.1, 0.15) is 20.3 Å². The van der Waals surface area contributed by atoms with Gasteiger partial charge in [-0.25, -0.2) is 9.88 Å². The van der Waals surface area contributed by atoms with Crippen LogP contribution in [-0.2, 0) is 9.53 Å². The Kier molecular flexibility index (Phi) is 3.68. The molecule has 7 heteroatoms. The maximum absolute atomic E-state index is 12.1. The van der Waals surface area contributed by atoms with Gasteiger partial charge in [-0.3, -0.25) is 4.79 Å². The van der Waals surface area contributed by atoms with E-state index in [0.29, 0.717) is 27.9 Å². The van der Waals surface area contributed by atoms with E-state index in [1.54, 1.807) is 6.92 Å². The molecular formula is C11H12ClN3O2S. The van der Waals surface area contributed by atoms with Gasteiger partial charge < -0.3 is 4.74 Å². The average molecular weight is 286 g/mol. The monoisotopic (exact) mass is 285 g/mol. The number of anilines is 1. The second-order valence-electron chi connectivity index (χ2n) is 3.73. The summed E-state index contributed by atoms with van der Waals surface area (Å²) in [5.41, 5.74) is 0.459. The minimum Gasteiger partial charge on any atom is -0.470 e. The molecule has 1 aliphatic heterocycles. The molecule has 1 amide bonds. The van der Waals surface area contributed by atoms with Crippen LogP contribution >= 0.6 is 23.1 Å². The van der Waals surface area contributed by atoms with Crippen LogP contribution in [-0.4, -0.2) is 21.5 Å². The molecule has 2 heterocycles. The summed E-state index contributed by atoms with van der Waals surface area (Å²) in [6, 6.07) is 0. The summed E-state index contributed by atoms with van der Waals surface area (Å²) < 4.78 is 9.49. The topological polar surface area (TPSA) is 55.3 Å². The van der Waals surface area contributed by atoms with Gasteiger partial charge in [-0.15, -0.1) is 0 Å². The summed E-state index contributed by atoms with van der Waals surface area (Å²) in [6.07, 6.45) is 1.36. The molecule has 0 aliphatic carbocycles. The van der Waals surface area contributed by atoms with E-state index in [0.717, 1.165) is 11.5 Å². The Morgan fingerprint density at radius 1 is 1.72 bits per heavy atom. The maximum atomic E-state index is 12.1. The molecule has 0 N–H and O–H groups in total. The number of amides is 1. The Morgan fingerprint density at radius 3 is 3.00 bits per heavy atom. The molecule has 1 atom stereocenters. The molecule has 18 heavy (non-hydrogen) atoms. The fraction of sp³-hybridized carbons (Fsp3) is 0.364. The van der Waals surface area contributed by atoms with Gasteiger partial charge in [0, 0.05) is 23.5 Å². The van der Waals surface area contributed by atoms with Gasteiger partial charge in [-0.05, 0) is 6.92 Å². The first kappa shape index (κ1) is 13.0. The highest BCUT2D eigenvalue weighted by atomic mass is 35.5. The first-order chi connectivity index (χ1) is 8.56. The zero-order valence-corrected chi connectivity index (χ0v) is 11.6. The van der Waals surface area contributed by atoms with Crippen molar-refractivity contribution in [2.45, 2.75) is 26.5 Å². The molecule has 0 saturated carbocycles. The average Bonchev–Trinajstić information content (AvgIpc) is 2.94. The number of hydrogen-bond donors (Lipinski definition) is 0. The van der Waals surface area contributed by atoms with E-state index in [9.17, 15) is 4.79 Å². The van der Waals surface area contributed by atoms with E-state index in [4.69, 9.17) is 16.3 Å². The van der Waals surface area contributed by atoms with Crippen molar-refractivity contribution < 1.29 is 9.53 Å². The molecule has 1 aliphatic rings. The van der Waals surface area contributed by atoms with Crippen LogP contribution in [0.25, 0.3) is 0 Å². The third-order valence-corrected chi connectivity index (χ3v) is 3.71. The molecule has 0 bridgehead atoms. The third-order valence-electron chi connectivity index (χ3n) is 2.58. The van der Waals surface area contributed by atoms with Crippen molar-refractivity contribution in [1.82, 2.24) is 9.36 Å². The lowest BCUT2D eigenvalue weighted by Gasteiger charge is -2.24. The number of ether oxygens (including phenoxy) is 1. The molecular weight excluding hydrogens is 274 g/mol. The van der Waals surface area contributed by atoms with Crippen LogP contribution in [0.3, 0.4) is 0 Å². The fourth-order valence-electron chi connectivity index (χ4n) is 1.49. The molecule has 1 aromatic heterocycles. The van der Waals surface area contributed by atoms with Gasteiger partial charge in [0.1, 0.15) is 6.33 Å². The number of nitrogens with zero attached hydrogens (tertiary/aromatic N) is 3. The van der Waals surface area contributed by atoms with Crippen LogP contribution in [0.4, 0.5) is 5.13 Å². The number of hydrogen-bond acceptors (Lipinski definition) is 5. The summed E-state index contributed by atoms with van der Waals surface area (Å²) in [5, 5.41) is 0.828. The SMILES string of the molecule is C=C(CC)OC1C(Cl)=C(C)C(=O)N1c1ncns1. The molecule has 1 unspecified atom stereocenters. The lowest BCUT2D eigenvalue weighted by Crippen LogP contribution is -2.36. The lowest BCUT2D eigenvalue weighted by atomic mass is 10.3. The summed E-state index contributed by atoms with van der Waals surface area (Å²) in [6.45, 7) is 7.34. The van der Waals surface area contributed by atoms with Crippen LogP contribution in [0, 0.1) is 0 Å². The van der Waals surface area contributed by atoms with Gasteiger partial charge in [0.25, 0.3) is 5.91 Å². The van der Waals surface area contributed by atoms with Crippen LogP contribution in [0.15, 0.2) is 29.3 Å². The van der Waals surface area contributed by atoms with Gasteiger partial charge in [0.2, 0.25) is 11.4 Å². The minimum absolute atomic E-state index is 0.217. The number of halogens is 1. The zero-order valence-electron chi connectivity index (χ0n) is 10.0. The largest absolute Gasteiger partial charge is 0.470 e. The highest BCUT2D eigenvalue weighted by molar-refractivity contribution is 7.09. The molecule has 0 aromatic carbocycles. The van der Waals surface area contributed by atoms with E-state index in [-0.39, 0.29) is 5.91 Å². The summed E-state index contributed by atoms with van der Waals surface area (Å²) in [5.74, 6) is 0.348. The van der Waals surface area contributed by atoms with Gasteiger partial charge in [0.15, 0.2) is 0 Å². The van der Waals surface area contributed by atoms with E-state index in [1.165, 1.54) is 11.2 Å². The van der Waals surface area contributed by atoms with E-state index < -0.39 is 6.23 Å². The van der Waals surface area contributed by atoms with Crippen LogP contribution in [0.2, 0.25) is 0 Å². The third kappa shape index (κ3) is 2.13. The van der Waals surface area contributed by atoms with Crippen molar-refractivity contribution in [3.8, 4) is 0 Å². The molecule has 0 radical (unpaired) electrons. The molecule has 5 nitrogen and oxygen atoms in total. The van der Waals surface area contributed by atoms with Crippen molar-refractivity contribution in [3.63, 3.8) is 0 Å². The van der Waals surface area contributed by atoms with E-state index in [2.05, 4.69) is 15.9 Å². The van der Waals surface area contributed by atoms with E-state index >= 15 is 0 Å². The Morgan fingerprint density at radius 2 is 2.44 bits per heavy atom. The van der Waals surface area contributed by atoms with Crippen molar-refractivity contribution in [2.75, 3.05) is 4.90 Å². The fourth-order valence-corrected chi connectivity index (χ4v) is 2.27. The molecule has 96 valence electrons. The highest BCUT2D eigenvalue weighted by Gasteiger charge is 2.40. The number of carbonyl (C=O) groups is 1. The molecule has 2 rings (SSSR count). The van der Waals surface area contributed by atoms with Gasteiger partial charge in [-0.2, -0.15) is 4.37 Å². The van der Waals surface area contributed by atoms with Gasteiger partial charge in [0.05, 0.1) is 10.8 Å². The predicted molar refractivity (Wildman–Crippen MR) is 70.3 cm³/mol. The Hall–Kier alpha value is -1.40. The highest BCUT2D eigenvalue weighted by Crippen LogP contribution is 2.35. The molecule has 0 spiro atoms. The zero-order chi connectivity index (χ0) is 13.3. The van der Waals surface area contributed by atoms with Crippen LogP contribution < -0.4 is 4.90 Å². The van der Waals surface area contributed by atoms with Gasteiger partial charge >= 0.3 is 0 Å². The Bertz CT molecular complexity index is 512. The summed E-state index contributed by atoms with van der Waals surface area (Å²) in [4.78, 5) is 17.5. The molecule has 0 fully saturated rings. The number of aromatic nitrogens is 2. The smallest absolute Gasteiger partial charge is 0.260 e. The first-order valence-electron chi connectivity index (χ1n) is 5.37. The number of rotatable bonds is 4. The normalized spacial score (nSPS) is 19.6. The summed E-state index contributed by atoms with van der Waals surface area (Å²) in [7, 11) is 0. The maximum Gasteiger partial charge on any atom is 0.260 e. The Labute approximate surface area is 114 Å². The quantitative estimate of drug-likeness (QED) is 0.798. The first-order valence-corrected chi connectivity index (χ1v) is 6.52. The number of carbonyl (C=O) groups excluding carboxylic acids is 1. The van der Waals surface area contributed by atoms with Crippen LogP contribution in [0.5, 0.6) is 0 Å². The second kappa shape index (κ2) is 5.07. The predicted octanol–water partition coefficient (Wildman–Crippen LogP) is 2.66. The lowest BCUT2D eigenvalue weighted by molar-refractivity contribution is -0.115.